The van der Waals surface area contributed by atoms with Gasteiger partial charge in [0.25, 0.3) is 0 Å². The SMILES string of the molecule is CC1(C)CO1.[Na]. The van der Waals surface area contributed by atoms with E-state index in [1.165, 1.54) is 0 Å². The average Bonchev–Trinajstić information content (AvgIpc) is 1.76. The van der Waals surface area contributed by atoms with E-state index in [2.05, 4.69) is 13.8 Å². The molecule has 0 atom stereocenters. The van der Waals surface area contributed by atoms with Crippen LogP contribution in [0.5, 0.6) is 0 Å². The molecule has 1 heterocycles. The van der Waals surface area contributed by atoms with Gasteiger partial charge in [0.2, 0.25) is 0 Å². The average molecular weight is 95.1 g/mol. The molecule has 1 aliphatic heterocycles. The second-order valence-electron chi connectivity index (χ2n) is 2.05. The summed E-state index contributed by atoms with van der Waals surface area (Å²) in [7, 11) is 0. The second-order valence-corrected chi connectivity index (χ2v) is 2.05. The van der Waals surface area contributed by atoms with Crippen LogP contribution in [0, 0.1) is 0 Å². The molecule has 0 spiro atoms. The van der Waals surface area contributed by atoms with Gasteiger partial charge in [0.15, 0.2) is 0 Å². The zero-order valence-corrected chi connectivity index (χ0v) is 6.62. The molecular formula is C4H8NaO. The Balaban J connectivity index is 0.000000250. The molecule has 0 aromatic heterocycles. The number of epoxide rings is 1. The zero-order chi connectivity index (χ0) is 3.91. The Labute approximate surface area is 60.4 Å². The van der Waals surface area contributed by atoms with Crippen LogP contribution < -0.4 is 0 Å². The summed E-state index contributed by atoms with van der Waals surface area (Å²) in [6, 6.07) is 0. The van der Waals surface area contributed by atoms with E-state index >= 15 is 0 Å². The van der Waals surface area contributed by atoms with E-state index in [4.69, 9.17) is 4.74 Å². The summed E-state index contributed by atoms with van der Waals surface area (Å²) in [4.78, 5) is 0. The maximum atomic E-state index is 4.90. The molecule has 1 nitrogen and oxygen atoms in total. The normalized spacial score (nSPS) is 25.0. The molecule has 1 saturated heterocycles. The van der Waals surface area contributed by atoms with Crippen molar-refractivity contribution in [3.63, 3.8) is 0 Å². The molecular weight excluding hydrogens is 87.0 g/mol. The summed E-state index contributed by atoms with van der Waals surface area (Å²) in [6.45, 7) is 5.10. The van der Waals surface area contributed by atoms with Crippen LogP contribution in [0.2, 0.25) is 0 Å². The molecule has 0 aliphatic carbocycles. The van der Waals surface area contributed by atoms with Gasteiger partial charge in [0.1, 0.15) is 0 Å². The van der Waals surface area contributed by atoms with Gasteiger partial charge in [0.05, 0.1) is 12.2 Å². The molecule has 0 saturated carbocycles. The minimum absolute atomic E-state index is 0. The number of hydrogen-bond acceptors (Lipinski definition) is 1. The van der Waals surface area contributed by atoms with E-state index in [1.54, 1.807) is 0 Å². The quantitative estimate of drug-likeness (QED) is 0.313. The van der Waals surface area contributed by atoms with Crippen molar-refractivity contribution in [3.05, 3.63) is 0 Å². The Bertz CT molecular complexity index is 45.5. The first-order chi connectivity index (χ1) is 2.21. The summed E-state index contributed by atoms with van der Waals surface area (Å²) in [5.41, 5.74) is 0.250. The molecule has 0 unspecified atom stereocenters. The third kappa shape index (κ3) is 2.19. The smallest absolute Gasteiger partial charge is 0.0860 e. The fourth-order valence-electron chi connectivity index (χ4n) is 0.144. The molecule has 0 bridgehead atoms. The molecule has 0 N–H and O–H groups in total. The standard InChI is InChI=1S/C4H8O.Na/c1-4(2)3-5-4;/h3H2,1-2H3;. The monoisotopic (exact) mass is 95.0 g/mol. The number of rotatable bonds is 0. The summed E-state index contributed by atoms with van der Waals surface area (Å²) in [5, 5.41) is 0. The van der Waals surface area contributed by atoms with Gasteiger partial charge in [-0.3, -0.25) is 0 Å². The Morgan fingerprint density at radius 3 is 1.67 bits per heavy atom. The van der Waals surface area contributed by atoms with Crippen molar-refractivity contribution in [3.8, 4) is 0 Å². The molecule has 1 fully saturated rings. The Hall–Kier alpha value is 0.960. The number of hydrogen-bond donors (Lipinski definition) is 0. The van der Waals surface area contributed by atoms with E-state index in [9.17, 15) is 0 Å². The summed E-state index contributed by atoms with van der Waals surface area (Å²) >= 11 is 0. The maximum Gasteiger partial charge on any atom is 0.0860 e. The van der Waals surface area contributed by atoms with Gasteiger partial charge in [-0.2, -0.15) is 0 Å². The van der Waals surface area contributed by atoms with Crippen LogP contribution in [0.4, 0.5) is 0 Å². The molecule has 0 amide bonds. The predicted molar refractivity (Wildman–Crippen MR) is 25.8 cm³/mol. The first kappa shape index (κ1) is 6.96. The van der Waals surface area contributed by atoms with E-state index in [0.717, 1.165) is 6.61 Å². The van der Waals surface area contributed by atoms with E-state index in [-0.39, 0.29) is 35.2 Å². The first-order valence-corrected chi connectivity index (χ1v) is 1.85. The predicted octanol–water partition coefficient (Wildman–Crippen LogP) is 0.414. The molecule has 1 aliphatic rings. The van der Waals surface area contributed by atoms with Crippen LogP contribution >= 0.6 is 0 Å². The fourth-order valence-corrected chi connectivity index (χ4v) is 0.144. The zero-order valence-electron chi connectivity index (χ0n) is 4.62. The van der Waals surface area contributed by atoms with Gasteiger partial charge < -0.3 is 4.74 Å². The van der Waals surface area contributed by atoms with E-state index < -0.39 is 0 Å². The van der Waals surface area contributed by atoms with Crippen LogP contribution in [0.15, 0.2) is 0 Å². The number of ether oxygens (including phenoxy) is 1. The molecule has 2 heteroatoms. The van der Waals surface area contributed by atoms with Gasteiger partial charge >= 0.3 is 0 Å². The van der Waals surface area contributed by atoms with E-state index in [1.807, 2.05) is 0 Å². The third-order valence-electron chi connectivity index (χ3n) is 0.722. The van der Waals surface area contributed by atoms with Crippen LogP contribution in [0.25, 0.3) is 0 Å². The molecule has 0 aromatic rings. The summed E-state index contributed by atoms with van der Waals surface area (Å²) in [6.07, 6.45) is 0. The van der Waals surface area contributed by atoms with Gasteiger partial charge in [-0.1, -0.05) is 0 Å². The van der Waals surface area contributed by atoms with Gasteiger partial charge in [0, 0.05) is 29.6 Å². The van der Waals surface area contributed by atoms with Crippen LogP contribution in [-0.2, 0) is 4.74 Å². The largest absolute Gasteiger partial charge is 0.370 e. The topological polar surface area (TPSA) is 12.5 Å². The van der Waals surface area contributed by atoms with Crippen molar-refractivity contribution >= 4 is 29.6 Å². The van der Waals surface area contributed by atoms with Crippen molar-refractivity contribution in [1.82, 2.24) is 0 Å². The molecule has 6 heavy (non-hydrogen) atoms. The molecule has 31 valence electrons. The first-order valence-electron chi connectivity index (χ1n) is 1.85. The van der Waals surface area contributed by atoms with Gasteiger partial charge in [-0.05, 0) is 13.8 Å². The third-order valence-corrected chi connectivity index (χ3v) is 0.722. The van der Waals surface area contributed by atoms with Gasteiger partial charge in [-0.15, -0.1) is 0 Å². The minimum atomic E-state index is 0. The van der Waals surface area contributed by atoms with Crippen LogP contribution in [0.3, 0.4) is 0 Å². The summed E-state index contributed by atoms with van der Waals surface area (Å²) < 4.78 is 4.90. The van der Waals surface area contributed by atoms with Crippen LogP contribution in [0.1, 0.15) is 13.8 Å². The summed E-state index contributed by atoms with van der Waals surface area (Å²) in [5.74, 6) is 0. The van der Waals surface area contributed by atoms with Crippen molar-refractivity contribution in [2.75, 3.05) is 6.61 Å². The minimum Gasteiger partial charge on any atom is -0.370 e. The molecule has 1 radical (unpaired) electrons. The fraction of sp³-hybridized carbons (Fsp3) is 1.00. The van der Waals surface area contributed by atoms with Crippen LogP contribution in [-0.4, -0.2) is 41.8 Å². The second kappa shape index (κ2) is 1.83. The van der Waals surface area contributed by atoms with Crippen molar-refractivity contribution in [2.45, 2.75) is 19.4 Å². The Morgan fingerprint density at radius 2 is 1.67 bits per heavy atom. The van der Waals surface area contributed by atoms with E-state index in [0.29, 0.717) is 0 Å². The maximum absolute atomic E-state index is 4.90. The Morgan fingerprint density at radius 1 is 1.50 bits per heavy atom. The Kier molecular flexibility index (Phi) is 2.12. The van der Waals surface area contributed by atoms with Gasteiger partial charge in [-0.25, -0.2) is 0 Å². The van der Waals surface area contributed by atoms with Crippen molar-refractivity contribution in [1.29, 1.82) is 0 Å². The molecule has 0 aromatic carbocycles. The van der Waals surface area contributed by atoms with Crippen molar-refractivity contribution in [2.24, 2.45) is 0 Å². The van der Waals surface area contributed by atoms with Crippen molar-refractivity contribution < 1.29 is 4.74 Å². The molecule has 1 rings (SSSR count).